The zero-order valence-corrected chi connectivity index (χ0v) is 9.76. The molecule has 5 heteroatoms. The van der Waals surface area contributed by atoms with Gasteiger partial charge < -0.3 is 16.4 Å². The number of anilines is 3. The molecule has 0 aliphatic rings. The number of nitrogens with two attached hydrogens (primary N) is 1. The largest absolute Gasteiger partial charge is 0.382 e. The molecule has 0 fully saturated rings. The molecule has 0 saturated carbocycles. The number of rotatable bonds is 5. The van der Waals surface area contributed by atoms with Gasteiger partial charge in [0.1, 0.15) is 5.82 Å². The van der Waals surface area contributed by atoms with Crippen molar-refractivity contribution >= 4 is 23.6 Å². The third kappa shape index (κ3) is 2.98. The van der Waals surface area contributed by atoms with Crippen LogP contribution in [0.15, 0.2) is 42.6 Å². The van der Waals surface area contributed by atoms with Crippen molar-refractivity contribution in [2.45, 2.75) is 6.54 Å². The third-order valence-electron chi connectivity index (χ3n) is 2.47. The van der Waals surface area contributed by atoms with Gasteiger partial charge in [0.25, 0.3) is 0 Å². The summed E-state index contributed by atoms with van der Waals surface area (Å²) in [4.78, 5) is 14.4. The van der Waals surface area contributed by atoms with E-state index < -0.39 is 0 Å². The Hall–Kier alpha value is -2.56. The minimum absolute atomic E-state index is 0.472. The summed E-state index contributed by atoms with van der Waals surface area (Å²) in [6, 6.07) is 11.3. The van der Waals surface area contributed by atoms with E-state index in [1.54, 1.807) is 6.20 Å². The Bertz CT molecular complexity index is 542. The molecule has 18 heavy (non-hydrogen) atoms. The summed E-state index contributed by atoms with van der Waals surface area (Å²) < 4.78 is 0. The van der Waals surface area contributed by atoms with Crippen molar-refractivity contribution in [3.8, 4) is 0 Å². The fourth-order valence-electron chi connectivity index (χ4n) is 1.60. The molecule has 0 saturated heterocycles. The molecule has 2 rings (SSSR count). The van der Waals surface area contributed by atoms with Gasteiger partial charge >= 0.3 is 0 Å². The minimum atomic E-state index is 0.472. The predicted molar refractivity (Wildman–Crippen MR) is 72.1 cm³/mol. The van der Waals surface area contributed by atoms with Crippen molar-refractivity contribution in [3.05, 3.63) is 48.2 Å². The fraction of sp³-hybridized carbons (Fsp3) is 0.0769. The van der Waals surface area contributed by atoms with Gasteiger partial charge in [-0.1, -0.05) is 12.1 Å². The Kier molecular flexibility index (Phi) is 3.76. The number of hydrogen-bond acceptors (Lipinski definition) is 4. The molecule has 1 amide bonds. The first-order valence-electron chi connectivity index (χ1n) is 5.53. The Labute approximate surface area is 105 Å². The van der Waals surface area contributed by atoms with Crippen molar-refractivity contribution in [3.63, 3.8) is 0 Å². The Balaban J connectivity index is 2.04. The van der Waals surface area contributed by atoms with Gasteiger partial charge in [-0.05, 0) is 29.8 Å². The number of pyridine rings is 1. The smallest absolute Gasteiger partial charge is 0.211 e. The molecular formula is C13H14N4O. The molecule has 2 aromatic rings. The first-order chi connectivity index (χ1) is 8.79. The molecule has 0 unspecified atom stereocenters. The summed E-state index contributed by atoms with van der Waals surface area (Å²) in [5.41, 5.74) is 8.34. The number of amides is 1. The standard InChI is InChI=1S/C13H14N4O/c14-13-12(5-2-6-15-13)16-8-10-3-1-4-11(7-10)17-9-18/h1-7,9,16H,8H2,(H2,14,15)(H,17,18). The number of nitrogens with one attached hydrogen (secondary N) is 2. The number of carbonyl (C=O) groups excluding carboxylic acids is 1. The molecule has 0 spiro atoms. The van der Waals surface area contributed by atoms with E-state index >= 15 is 0 Å². The van der Waals surface area contributed by atoms with Gasteiger partial charge in [-0.3, -0.25) is 4.79 Å². The number of nitrogen functional groups attached to an aromatic ring is 1. The summed E-state index contributed by atoms with van der Waals surface area (Å²) in [6.45, 7) is 0.615. The first kappa shape index (κ1) is 11.9. The number of nitrogens with zero attached hydrogens (tertiary/aromatic N) is 1. The summed E-state index contributed by atoms with van der Waals surface area (Å²) in [7, 11) is 0. The van der Waals surface area contributed by atoms with Crippen LogP contribution in [0.3, 0.4) is 0 Å². The second-order valence-corrected chi connectivity index (χ2v) is 3.75. The Morgan fingerprint density at radius 2 is 2.17 bits per heavy atom. The van der Waals surface area contributed by atoms with E-state index in [0.29, 0.717) is 18.8 Å². The summed E-state index contributed by atoms with van der Waals surface area (Å²) in [5, 5.41) is 5.81. The highest BCUT2D eigenvalue weighted by Crippen LogP contribution is 2.16. The van der Waals surface area contributed by atoms with Crippen molar-refractivity contribution in [2.75, 3.05) is 16.4 Å². The van der Waals surface area contributed by atoms with Crippen molar-refractivity contribution in [2.24, 2.45) is 0 Å². The lowest BCUT2D eigenvalue weighted by atomic mass is 10.2. The van der Waals surface area contributed by atoms with E-state index in [0.717, 1.165) is 16.9 Å². The average Bonchev–Trinajstić information content (AvgIpc) is 2.39. The van der Waals surface area contributed by atoms with Crippen molar-refractivity contribution < 1.29 is 4.79 Å². The molecule has 0 bridgehead atoms. The maximum absolute atomic E-state index is 10.4. The number of benzene rings is 1. The number of carbonyl (C=O) groups is 1. The van der Waals surface area contributed by atoms with Gasteiger partial charge in [-0.25, -0.2) is 4.98 Å². The molecule has 0 aliphatic heterocycles. The highest BCUT2D eigenvalue weighted by molar-refractivity contribution is 5.71. The summed E-state index contributed by atoms with van der Waals surface area (Å²) in [6.07, 6.45) is 2.31. The van der Waals surface area contributed by atoms with Gasteiger partial charge in [0.05, 0.1) is 5.69 Å². The van der Waals surface area contributed by atoms with Gasteiger partial charge in [0, 0.05) is 18.4 Å². The molecule has 1 aromatic carbocycles. The van der Waals surface area contributed by atoms with E-state index in [-0.39, 0.29) is 0 Å². The normalized spacial score (nSPS) is 9.78. The Morgan fingerprint density at radius 1 is 1.28 bits per heavy atom. The number of hydrogen-bond donors (Lipinski definition) is 3. The van der Waals surface area contributed by atoms with Crippen LogP contribution in [0.25, 0.3) is 0 Å². The van der Waals surface area contributed by atoms with Crippen LogP contribution in [0, 0.1) is 0 Å². The third-order valence-corrected chi connectivity index (χ3v) is 2.47. The van der Waals surface area contributed by atoms with Crippen LogP contribution >= 0.6 is 0 Å². The van der Waals surface area contributed by atoms with Gasteiger partial charge in [0.2, 0.25) is 6.41 Å². The molecule has 92 valence electrons. The van der Waals surface area contributed by atoms with Crippen LogP contribution in [0.2, 0.25) is 0 Å². The highest BCUT2D eigenvalue weighted by Gasteiger charge is 1.99. The molecule has 0 radical (unpaired) electrons. The highest BCUT2D eigenvalue weighted by atomic mass is 16.1. The molecule has 5 nitrogen and oxygen atoms in total. The summed E-state index contributed by atoms with van der Waals surface area (Å²) in [5.74, 6) is 0.472. The topological polar surface area (TPSA) is 80.0 Å². The molecule has 0 aliphatic carbocycles. The number of aromatic nitrogens is 1. The second-order valence-electron chi connectivity index (χ2n) is 3.75. The zero-order valence-electron chi connectivity index (χ0n) is 9.76. The predicted octanol–water partition coefficient (Wildman–Crippen LogP) is 1.84. The molecule has 1 aromatic heterocycles. The van der Waals surface area contributed by atoms with E-state index in [1.165, 1.54) is 0 Å². The van der Waals surface area contributed by atoms with Gasteiger partial charge in [0.15, 0.2) is 0 Å². The quantitative estimate of drug-likeness (QED) is 0.699. The SMILES string of the molecule is Nc1ncccc1NCc1cccc(NC=O)c1. The molecule has 0 atom stereocenters. The second kappa shape index (κ2) is 5.67. The molecule has 4 N–H and O–H groups in total. The molecular weight excluding hydrogens is 228 g/mol. The lowest BCUT2D eigenvalue weighted by molar-refractivity contribution is -0.105. The van der Waals surface area contributed by atoms with Gasteiger partial charge in [-0.2, -0.15) is 0 Å². The van der Waals surface area contributed by atoms with Crippen LogP contribution in [-0.4, -0.2) is 11.4 Å². The van der Waals surface area contributed by atoms with Crippen LogP contribution in [0.1, 0.15) is 5.56 Å². The van der Waals surface area contributed by atoms with Crippen molar-refractivity contribution in [1.29, 1.82) is 0 Å². The molecule has 1 heterocycles. The zero-order chi connectivity index (χ0) is 12.8. The average molecular weight is 242 g/mol. The Morgan fingerprint density at radius 3 is 2.94 bits per heavy atom. The lowest BCUT2D eigenvalue weighted by Crippen LogP contribution is -2.04. The van der Waals surface area contributed by atoms with Gasteiger partial charge in [-0.15, -0.1) is 0 Å². The summed E-state index contributed by atoms with van der Waals surface area (Å²) >= 11 is 0. The maximum atomic E-state index is 10.4. The van der Waals surface area contributed by atoms with Crippen LogP contribution < -0.4 is 16.4 Å². The maximum Gasteiger partial charge on any atom is 0.211 e. The first-order valence-corrected chi connectivity index (χ1v) is 5.53. The van der Waals surface area contributed by atoms with E-state index in [4.69, 9.17) is 5.73 Å². The van der Waals surface area contributed by atoms with E-state index in [9.17, 15) is 4.79 Å². The van der Waals surface area contributed by atoms with E-state index in [1.807, 2.05) is 36.4 Å². The fourth-order valence-corrected chi connectivity index (χ4v) is 1.60. The van der Waals surface area contributed by atoms with E-state index in [2.05, 4.69) is 15.6 Å². The van der Waals surface area contributed by atoms with Crippen LogP contribution in [-0.2, 0) is 11.3 Å². The minimum Gasteiger partial charge on any atom is -0.382 e. The monoisotopic (exact) mass is 242 g/mol. The lowest BCUT2D eigenvalue weighted by Gasteiger charge is -2.09. The van der Waals surface area contributed by atoms with Crippen LogP contribution in [0.5, 0.6) is 0 Å². The van der Waals surface area contributed by atoms with Crippen molar-refractivity contribution in [1.82, 2.24) is 4.98 Å². The van der Waals surface area contributed by atoms with Crippen LogP contribution in [0.4, 0.5) is 17.2 Å².